The van der Waals surface area contributed by atoms with Crippen molar-refractivity contribution in [1.29, 1.82) is 0 Å². The minimum absolute atomic E-state index is 0.652. The Kier molecular flexibility index (Phi) is 2.97. The first kappa shape index (κ1) is 9.45. The Morgan fingerprint density at radius 3 is 2.79 bits per heavy atom. The number of hydrogen-bond donors (Lipinski definition) is 0. The fraction of sp³-hybridized carbons (Fsp3) is 0.111. The van der Waals surface area contributed by atoms with Crippen LogP contribution in [0.15, 0.2) is 30.7 Å². The molecule has 0 N–H and O–H groups in total. The van der Waals surface area contributed by atoms with E-state index in [9.17, 15) is 0 Å². The molecule has 0 aromatic carbocycles. The van der Waals surface area contributed by atoms with Crippen LogP contribution in [0.25, 0.3) is 0 Å². The van der Waals surface area contributed by atoms with E-state index in [4.69, 9.17) is 0 Å². The van der Waals surface area contributed by atoms with E-state index < -0.39 is 0 Å². The molecular formula is C9H7IN4. The molecule has 2 heterocycles. The number of halogens is 1. The maximum Gasteiger partial charge on any atom is 0.193 e. The molecule has 0 aliphatic rings. The second-order valence-electron chi connectivity index (χ2n) is 2.67. The number of rotatable bonds is 2. The van der Waals surface area contributed by atoms with Gasteiger partial charge < -0.3 is 0 Å². The van der Waals surface area contributed by atoms with Crippen LogP contribution >= 0.6 is 22.6 Å². The minimum atomic E-state index is 0.652. The molecule has 0 aliphatic heterocycles. The van der Waals surface area contributed by atoms with Gasteiger partial charge in [0.1, 0.15) is 12.2 Å². The van der Waals surface area contributed by atoms with Crippen molar-refractivity contribution in [2.24, 2.45) is 0 Å². The van der Waals surface area contributed by atoms with Gasteiger partial charge in [0, 0.05) is 34.5 Å². The van der Waals surface area contributed by atoms with Crippen molar-refractivity contribution >= 4 is 22.6 Å². The predicted octanol–water partition coefficient (Wildman–Crippen LogP) is 1.46. The van der Waals surface area contributed by atoms with Gasteiger partial charge in [-0.2, -0.15) is 0 Å². The molecule has 4 nitrogen and oxygen atoms in total. The first-order chi connectivity index (χ1) is 6.84. The molecule has 0 radical (unpaired) electrons. The summed E-state index contributed by atoms with van der Waals surface area (Å²) >= 11 is 2.07. The lowest BCUT2D eigenvalue weighted by Gasteiger charge is -1.98. The van der Waals surface area contributed by atoms with E-state index in [2.05, 4.69) is 42.5 Å². The van der Waals surface area contributed by atoms with Gasteiger partial charge in [-0.1, -0.05) is 6.07 Å². The molecule has 5 heteroatoms. The molecule has 70 valence electrons. The maximum absolute atomic E-state index is 4.20. The van der Waals surface area contributed by atoms with Gasteiger partial charge in [-0.15, -0.1) is 0 Å². The van der Waals surface area contributed by atoms with Crippen LogP contribution in [-0.4, -0.2) is 19.9 Å². The van der Waals surface area contributed by atoms with E-state index in [1.165, 1.54) is 6.33 Å². The van der Waals surface area contributed by atoms with Crippen LogP contribution in [-0.2, 0) is 6.42 Å². The van der Waals surface area contributed by atoms with E-state index >= 15 is 0 Å². The maximum atomic E-state index is 4.20. The van der Waals surface area contributed by atoms with Crippen LogP contribution in [0.4, 0.5) is 0 Å². The summed E-state index contributed by atoms with van der Waals surface area (Å²) in [6, 6.07) is 5.80. The Bertz CT molecular complexity index is 418. The summed E-state index contributed by atoms with van der Waals surface area (Å²) in [5.74, 6) is 0.753. The third-order valence-corrected chi connectivity index (χ3v) is 2.18. The molecule has 2 aromatic heterocycles. The number of nitrogens with zero attached hydrogens (tertiary/aromatic N) is 4. The van der Waals surface area contributed by atoms with E-state index in [0.717, 1.165) is 11.5 Å². The van der Waals surface area contributed by atoms with Crippen molar-refractivity contribution < 1.29 is 0 Å². The highest BCUT2D eigenvalue weighted by Crippen LogP contribution is 2.02. The van der Waals surface area contributed by atoms with E-state index in [1.54, 1.807) is 6.20 Å². The topological polar surface area (TPSA) is 51.6 Å². The summed E-state index contributed by atoms with van der Waals surface area (Å²) in [5, 5.41) is 0. The Labute approximate surface area is 95.0 Å². The highest BCUT2D eigenvalue weighted by molar-refractivity contribution is 14.1. The van der Waals surface area contributed by atoms with Crippen LogP contribution in [0.1, 0.15) is 11.5 Å². The molecular weight excluding hydrogens is 291 g/mol. The summed E-state index contributed by atoms with van der Waals surface area (Å²) in [7, 11) is 0. The summed E-state index contributed by atoms with van der Waals surface area (Å²) in [6.07, 6.45) is 3.94. The largest absolute Gasteiger partial charge is 0.261 e. The van der Waals surface area contributed by atoms with Crippen molar-refractivity contribution in [3.8, 4) is 0 Å². The van der Waals surface area contributed by atoms with E-state index in [0.29, 0.717) is 10.3 Å². The van der Waals surface area contributed by atoms with E-state index in [-0.39, 0.29) is 0 Å². The summed E-state index contributed by atoms with van der Waals surface area (Å²) in [6.45, 7) is 0. The lowest BCUT2D eigenvalue weighted by Crippen LogP contribution is -2.00. The van der Waals surface area contributed by atoms with Crippen LogP contribution in [0.2, 0.25) is 0 Å². The Hall–Kier alpha value is -1.11. The van der Waals surface area contributed by atoms with Crippen molar-refractivity contribution in [3.05, 3.63) is 46.1 Å². The molecule has 0 fully saturated rings. The monoisotopic (exact) mass is 298 g/mol. The van der Waals surface area contributed by atoms with Crippen molar-refractivity contribution in [3.63, 3.8) is 0 Å². The van der Waals surface area contributed by atoms with Gasteiger partial charge in [0.25, 0.3) is 0 Å². The minimum Gasteiger partial charge on any atom is -0.261 e. The molecule has 0 unspecified atom stereocenters. The number of aromatic nitrogens is 4. The third kappa shape index (κ3) is 2.44. The van der Waals surface area contributed by atoms with Gasteiger partial charge in [0.15, 0.2) is 3.83 Å². The predicted molar refractivity (Wildman–Crippen MR) is 59.6 cm³/mol. The van der Waals surface area contributed by atoms with Crippen molar-refractivity contribution in [2.75, 3.05) is 0 Å². The van der Waals surface area contributed by atoms with Gasteiger partial charge in [-0.25, -0.2) is 15.0 Å². The van der Waals surface area contributed by atoms with Crippen LogP contribution in [0, 0.1) is 3.83 Å². The second-order valence-corrected chi connectivity index (χ2v) is 3.63. The summed E-state index contributed by atoms with van der Waals surface area (Å²) < 4.78 is 0.712. The van der Waals surface area contributed by atoms with Gasteiger partial charge >= 0.3 is 0 Å². The first-order valence-electron chi connectivity index (χ1n) is 4.08. The Balaban J connectivity index is 2.19. The molecule has 0 spiro atoms. The smallest absolute Gasteiger partial charge is 0.193 e. The highest BCUT2D eigenvalue weighted by Gasteiger charge is 2.00. The summed E-state index contributed by atoms with van der Waals surface area (Å²) in [5.41, 5.74) is 0.967. The van der Waals surface area contributed by atoms with Gasteiger partial charge in [0.05, 0.1) is 6.42 Å². The average molecular weight is 298 g/mol. The van der Waals surface area contributed by atoms with Crippen LogP contribution in [0.5, 0.6) is 0 Å². The zero-order chi connectivity index (χ0) is 9.80. The molecule has 2 aromatic rings. The van der Waals surface area contributed by atoms with Gasteiger partial charge in [0.2, 0.25) is 0 Å². The van der Waals surface area contributed by atoms with Crippen molar-refractivity contribution in [2.45, 2.75) is 6.42 Å². The molecule has 0 bridgehead atoms. The quantitative estimate of drug-likeness (QED) is 0.788. The zero-order valence-electron chi connectivity index (χ0n) is 7.26. The fourth-order valence-corrected chi connectivity index (χ4v) is 1.46. The zero-order valence-corrected chi connectivity index (χ0v) is 9.42. The summed E-state index contributed by atoms with van der Waals surface area (Å²) in [4.78, 5) is 16.4. The third-order valence-electron chi connectivity index (χ3n) is 1.66. The molecule has 0 atom stereocenters. The molecule has 2 rings (SSSR count). The average Bonchev–Trinajstić information content (AvgIpc) is 2.19. The molecule has 0 aliphatic carbocycles. The molecule has 0 saturated heterocycles. The Morgan fingerprint density at radius 1 is 1.14 bits per heavy atom. The highest BCUT2D eigenvalue weighted by atomic mass is 127. The standard InChI is InChI=1S/C9H7IN4/c10-9-13-6-12-8(14-9)5-7-3-1-2-4-11-7/h1-4,6H,5H2. The van der Waals surface area contributed by atoms with Crippen LogP contribution in [0.3, 0.4) is 0 Å². The molecule has 0 saturated carbocycles. The molecule has 0 amide bonds. The second kappa shape index (κ2) is 4.41. The van der Waals surface area contributed by atoms with Gasteiger partial charge in [-0.3, -0.25) is 4.98 Å². The lowest BCUT2D eigenvalue weighted by atomic mass is 10.2. The van der Waals surface area contributed by atoms with Crippen molar-refractivity contribution in [1.82, 2.24) is 19.9 Å². The lowest BCUT2D eigenvalue weighted by molar-refractivity contribution is 0.876. The van der Waals surface area contributed by atoms with E-state index in [1.807, 2.05) is 18.2 Å². The fourth-order valence-electron chi connectivity index (χ4n) is 1.06. The number of hydrogen-bond acceptors (Lipinski definition) is 4. The normalized spacial score (nSPS) is 10.1. The number of pyridine rings is 1. The first-order valence-corrected chi connectivity index (χ1v) is 5.16. The SMILES string of the molecule is Ic1ncnc(Cc2ccccn2)n1. The Morgan fingerprint density at radius 2 is 2.07 bits per heavy atom. The van der Waals surface area contributed by atoms with Gasteiger partial charge in [-0.05, 0) is 12.1 Å². The molecule has 14 heavy (non-hydrogen) atoms. The van der Waals surface area contributed by atoms with Crippen LogP contribution < -0.4 is 0 Å².